The van der Waals surface area contributed by atoms with Crippen molar-refractivity contribution in [3.05, 3.63) is 17.5 Å². The van der Waals surface area contributed by atoms with Crippen LogP contribution >= 0.6 is 11.3 Å². The molecule has 5 nitrogen and oxygen atoms in total. The Bertz CT molecular complexity index is 415. The van der Waals surface area contributed by atoms with Crippen LogP contribution in [0.5, 0.6) is 0 Å². The van der Waals surface area contributed by atoms with E-state index in [1.165, 1.54) is 11.3 Å². The summed E-state index contributed by atoms with van der Waals surface area (Å²) in [5.41, 5.74) is 6.96. The zero-order valence-electron chi connectivity index (χ0n) is 7.89. The molecular weight excluding hydrogens is 200 g/mol. The average molecular weight is 210 g/mol. The molecule has 0 fully saturated rings. The highest BCUT2D eigenvalue weighted by molar-refractivity contribution is 7.13. The Morgan fingerprint density at radius 3 is 2.79 bits per heavy atom. The zero-order valence-corrected chi connectivity index (χ0v) is 8.71. The molecule has 0 aliphatic rings. The third kappa shape index (κ3) is 1.66. The van der Waals surface area contributed by atoms with Crippen molar-refractivity contribution >= 4 is 11.3 Å². The Morgan fingerprint density at radius 1 is 1.50 bits per heavy atom. The summed E-state index contributed by atoms with van der Waals surface area (Å²) in [6.07, 6.45) is 1.69. The predicted molar refractivity (Wildman–Crippen MR) is 52.6 cm³/mol. The maximum Gasteiger partial charge on any atom is 0.269 e. The van der Waals surface area contributed by atoms with Crippen LogP contribution in [0.3, 0.4) is 0 Å². The third-order valence-electron chi connectivity index (χ3n) is 1.65. The Balaban J connectivity index is 2.36. The van der Waals surface area contributed by atoms with E-state index in [2.05, 4.69) is 15.1 Å². The molecule has 0 aromatic carbocycles. The van der Waals surface area contributed by atoms with Crippen LogP contribution in [0, 0.1) is 0 Å². The molecule has 2 aromatic heterocycles. The second-order valence-corrected chi connectivity index (χ2v) is 4.40. The van der Waals surface area contributed by atoms with Gasteiger partial charge in [0.1, 0.15) is 4.88 Å². The van der Waals surface area contributed by atoms with Crippen LogP contribution in [0.1, 0.15) is 19.7 Å². The van der Waals surface area contributed by atoms with Crippen LogP contribution < -0.4 is 5.73 Å². The minimum atomic E-state index is -0.577. The molecule has 14 heavy (non-hydrogen) atoms. The molecule has 0 spiro atoms. The molecule has 0 aliphatic heterocycles. The van der Waals surface area contributed by atoms with Crippen molar-refractivity contribution in [1.82, 2.24) is 15.1 Å². The number of aromatic nitrogens is 3. The van der Waals surface area contributed by atoms with Gasteiger partial charge in [-0.15, -0.1) is 11.3 Å². The summed E-state index contributed by atoms with van der Waals surface area (Å²) in [6.45, 7) is 3.66. The van der Waals surface area contributed by atoms with Gasteiger partial charge in [-0.05, 0) is 13.8 Å². The van der Waals surface area contributed by atoms with E-state index in [9.17, 15) is 0 Å². The first kappa shape index (κ1) is 9.29. The minimum Gasteiger partial charge on any atom is -0.333 e. The highest BCUT2D eigenvalue weighted by Gasteiger charge is 2.22. The third-order valence-corrected chi connectivity index (χ3v) is 2.41. The van der Waals surface area contributed by atoms with Gasteiger partial charge in [0.2, 0.25) is 0 Å². The van der Waals surface area contributed by atoms with Gasteiger partial charge in [-0.1, -0.05) is 5.16 Å². The Labute approximate surface area is 85.0 Å². The molecule has 2 aromatic rings. The molecule has 6 heteroatoms. The van der Waals surface area contributed by atoms with Crippen molar-refractivity contribution in [3.63, 3.8) is 0 Å². The number of hydrogen-bond donors (Lipinski definition) is 1. The van der Waals surface area contributed by atoms with E-state index in [1.807, 2.05) is 13.8 Å². The normalized spacial score (nSPS) is 11.9. The molecule has 0 bridgehead atoms. The molecule has 0 saturated heterocycles. The van der Waals surface area contributed by atoms with Crippen molar-refractivity contribution in [2.24, 2.45) is 5.73 Å². The quantitative estimate of drug-likeness (QED) is 0.810. The van der Waals surface area contributed by atoms with E-state index in [0.717, 1.165) is 4.88 Å². The Morgan fingerprint density at radius 2 is 2.29 bits per heavy atom. The zero-order chi connectivity index (χ0) is 10.2. The second kappa shape index (κ2) is 3.14. The van der Waals surface area contributed by atoms with E-state index in [-0.39, 0.29) is 0 Å². The first-order chi connectivity index (χ1) is 6.57. The fourth-order valence-corrected chi connectivity index (χ4v) is 1.45. The van der Waals surface area contributed by atoms with Crippen LogP contribution in [-0.2, 0) is 5.54 Å². The monoisotopic (exact) mass is 210 g/mol. The van der Waals surface area contributed by atoms with Gasteiger partial charge in [-0.3, -0.25) is 4.98 Å². The largest absolute Gasteiger partial charge is 0.333 e. The van der Waals surface area contributed by atoms with E-state index < -0.39 is 5.54 Å². The molecule has 2 rings (SSSR count). The lowest BCUT2D eigenvalue weighted by atomic mass is 10.1. The molecule has 0 amide bonds. The molecule has 0 atom stereocenters. The van der Waals surface area contributed by atoms with Gasteiger partial charge >= 0.3 is 0 Å². The van der Waals surface area contributed by atoms with Crippen molar-refractivity contribution < 1.29 is 4.52 Å². The first-order valence-corrected chi connectivity index (χ1v) is 4.97. The molecule has 0 saturated carbocycles. The maximum absolute atomic E-state index is 5.83. The minimum absolute atomic E-state index is 0.473. The van der Waals surface area contributed by atoms with Crippen LogP contribution in [0.15, 0.2) is 16.2 Å². The van der Waals surface area contributed by atoms with Crippen LogP contribution in [0.25, 0.3) is 10.8 Å². The summed E-state index contributed by atoms with van der Waals surface area (Å²) in [7, 11) is 0. The smallest absolute Gasteiger partial charge is 0.269 e. The Kier molecular flexibility index (Phi) is 2.09. The highest BCUT2D eigenvalue weighted by Crippen LogP contribution is 2.23. The van der Waals surface area contributed by atoms with Crippen molar-refractivity contribution in [3.8, 4) is 10.8 Å². The summed E-state index contributed by atoms with van der Waals surface area (Å²) in [4.78, 5) is 8.98. The fraction of sp³-hybridized carbons (Fsp3) is 0.375. The summed E-state index contributed by atoms with van der Waals surface area (Å²) >= 11 is 1.45. The lowest BCUT2D eigenvalue weighted by molar-refractivity contribution is 0.397. The van der Waals surface area contributed by atoms with E-state index in [0.29, 0.717) is 11.7 Å². The average Bonchev–Trinajstić information content (AvgIpc) is 2.73. The number of nitrogens with two attached hydrogens (primary N) is 1. The van der Waals surface area contributed by atoms with Crippen molar-refractivity contribution in [2.45, 2.75) is 19.4 Å². The van der Waals surface area contributed by atoms with Crippen LogP contribution in [0.2, 0.25) is 0 Å². The standard InChI is InChI=1S/C8H10N4OS/c1-8(2,9)7-11-6(13-12-7)5-3-10-4-14-5/h3-4H,9H2,1-2H3. The lowest BCUT2D eigenvalue weighted by Gasteiger charge is -2.11. The van der Waals surface area contributed by atoms with E-state index in [1.54, 1.807) is 11.7 Å². The predicted octanol–water partition coefficient (Wildman–Crippen LogP) is 1.39. The summed E-state index contributed by atoms with van der Waals surface area (Å²) in [5.74, 6) is 0.974. The van der Waals surface area contributed by atoms with Gasteiger partial charge in [-0.25, -0.2) is 0 Å². The van der Waals surface area contributed by atoms with Gasteiger partial charge in [0.25, 0.3) is 5.89 Å². The van der Waals surface area contributed by atoms with Gasteiger partial charge < -0.3 is 10.3 Å². The maximum atomic E-state index is 5.83. The molecule has 0 unspecified atom stereocenters. The molecule has 2 heterocycles. The Hall–Kier alpha value is -1.27. The fourth-order valence-electron chi connectivity index (χ4n) is 0.907. The lowest BCUT2D eigenvalue weighted by Crippen LogP contribution is -2.30. The van der Waals surface area contributed by atoms with E-state index in [4.69, 9.17) is 10.3 Å². The number of nitrogens with zero attached hydrogens (tertiary/aromatic N) is 3. The van der Waals surface area contributed by atoms with Gasteiger partial charge in [0.05, 0.1) is 17.2 Å². The van der Waals surface area contributed by atoms with Gasteiger partial charge in [0.15, 0.2) is 5.82 Å². The van der Waals surface area contributed by atoms with Crippen molar-refractivity contribution in [1.29, 1.82) is 0 Å². The number of thiazole rings is 1. The second-order valence-electron chi connectivity index (χ2n) is 3.51. The molecular formula is C8H10N4OS. The SMILES string of the molecule is CC(C)(N)c1noc(-c2cncs2)n1. The van der Waals surface area contributed by atoms with E-state index >= 15 is 0 Å². The molecule has 74 valence electrons. The highest BCUT2D eigenvalue weighted by atomic mass is 32.1. The van der Waals surface area contributed by atoms with Crippen LogP contribution in [0.4, 0.5) is 0 Å². The molecule has 0 aliphatic carbocycles. The first-order valence-electron chi connectivity index (χ1n) is 4.09. The summed E-state index contributed by atoms with van der Waals surface area (Å²) < 4.78 is 5.06. The summed E-state index contributed by atoms with van der Waals surface area (Å²) in [6, 6.07) is 0. The van der Waals surface area contributed by atoms with Gasteiger partial charge in [-0.2, -0.15) is 4.98 Å². The molecule has 0 radical (unpaired) electrons. The topological polar surface area (TPSA) is 77.8 Å². The summed E-state index contributed by atoms with van der Waals surface area (Å²) in [5, 5.41) is 3.81. The number of rotatable bonds is 2. The van der Waals surface area contributed by atoms with Crippen LogP contribution in [-0.4, -0.2) is 15.1 Å². The van der Waals surface area contributed by atoms with Crippen molar-refractivity contribution in [2.75, 3.05) is 0 Å². The molecule has 2 N–H and O–H groups in total. The number of hydrogen-bond acceptors (Lipinski definition) is 6. The van der Waals surface area contributed by atoms with Gasteiger partial charge in [0, 0.05) is 0 Å².